The largest absolute Gasteiger partial charge is 0.332 e. The van der Waals surface area contributed by atoms with Gasteiger partial charge in [-0.1, -0.05) is 0 Å². The average Bonchev–Trinajstić information content (AvgIpc) is 2.64. The van der Waals surface area contributed by atoms with Crippen molar-refractivity contribution >= 4 is 38.1 Å². The molecule has 2 rings (SSSR count). The van der Waals surface area contributed by atoms with E-state index < -0.39 is 0 Å². The van der Waals surface area contributed by atoms with Crippen LogP contribution in [0.3, 0.4) is 0 Å². The number of rotatable bonds is 3. The van der Waals surface area contributed by atoms with Gasteiger partial charge in [0.05, 0.1) is 15.3 Å². The van der Waals surface area contributed by atoms with Crippen LogP contribution in [0.5, 0.6) is 0 Å². The molecule has 0 fully saturated rings. The van der Waals surface area contributed by atoms with Gasteiger partial charge in [0.2, 0.25) is 0 Å². The molecule has 0 amide bonds. The van der Waals surface area contributed by atoms with Gasteiger partial charge in [-0.15, -0.1) is 11.3 Å². The molecule has 15 heavy (non-hydrogen) atoms. The lowest BCUT2D eigenvalue weighted by Crippen LogP contribution is -2.04. The lowest BCUT2D eigenvalue weighted by Gasteiger charge is -2.02. The van der Waals surface area contributed by atoms with Gasteiger partial charge in [-0.05, 0) is 34.1 Å². The highest BCUT2D eigenvalue weighted by Crippen LogP contribution is 2.28. The Morgan fingerprint density at radius 2 is 2.27 bits per heavy atom. The predicted octanol–water partition coefficient (Wildman–Crippen LogP) is 2.50. The minimum Gasteiger partial charge on any atom is -0.332 e. The van der Waals surface area contributed by atoms with Crippen molar-refractivity contribution in [3.05, 3.63) is 34.0 Å². The summed E-state index contributed by atoms with van der Waals surface area (Å²) in [4.78, 5) is 8.26. The van der Waals surface area contributed by atoms with Crippen LogP contribution in [0, 0.1) is 0 Å². The molecule has 0 saturated carbocycles. The maximum Gasteiger partial charge on any atom is 0.144 e. The Bertz CT molecular complexity index is 457. The third kappa shape index (κ3) is 2.74. The van der Waals surface area contributed by atoms with Gasteiger partial charge in [-0.3, -0.25) is 0 Å². The van der Waals surface area contributed by atoms with E-state index in [-0.39, 0.29) is 0 Å². The molecule has 2 aromatic heterocycles. The van der Waals surface area contributed by atoms with E-state index in [1.54, 1.807) is 17.5 Å². The molecule has 0 aliphatic carbocycles. The van der Waals surface area contributed by atoms with Crippen molar-refractivity contribution in [3.63, 3.8) is 0 Å². The van der Waals surface area contributed by atoms with Crippen LogP contribution in [0.25, 0.3) is 0 Å². The van der Waals surface area contributed by atoms with E-state index >= 15 is 0 Å². The van der Waals surface area contributed by atoms with Crippen LogP contribution >= 0.6 is 27.3 Å². The fourth-order valence-corrected chi connectivity index (χ4v) is 2.37. The zero-order valence-electron chi connectivity index (χ0n) is 7.77. The number of halogens is 1. The molecule has 0 aromatic carbocycles. The zero-order chi connectivity index (χ0) is 10.7. The van der Waals surface area contributed by atoms with Crippen LogP contribution in [-0.2, 0) is 6.54 Å². The second kappa shape index (κ2) is 4.69. The Morgan fingerprint density at radius 3 is 2.93 bits per heavy atom. The average molecular weight is 285 g/mol. The first-order valence-electron chi connectivity index (χ1n) is 4.32. The molecule has 2 aromatic rings. The second-order valence-electron chi connectivity index (χ2n) is 2.79. The number of nitrogens with zero attached hydrogens (tertiary/aromatic N) is 2. The molecular weight excluding hydrogens is 276 g/mol. The number of nitrogens with one attached hydrogen (secondary N) is 1. The normalized spacial score (nSPS) is 10.3. The summed E-state index contributed by atoms with van der Waals surface area (Å²) in [6, 6.07) is 5.78. The zero-order valence-corrected chi connectivity index (χ0v) is 10.2. The molecule has 0 unspecified atom stereocenters. The van der Waals surface area contributed by atoms with E-state index in [0.29, 0.717) is 12.4 Å². The lowest BCUT2D eigenvalue weighted by molar-refractivity contribution is 0.912. The van der Waals surface area contributed by atoms with Crippen molar-refractivity contribution in [2.75, 3.05) is 5.32 Å². The fourth-order valence-electron chi connectivity index (χ4n) is 1.07. The lowest BCUT2D eigenvalue weighted by atomic mass is 10.5. The van der Waals surface area contributed by atoms with Crippen LogP contribution in [-0.4, -0.2) is 9.97 Å². The molecule has 3 N–H and O–H groups in total. The molecule has 78 valence electrons. The van der Waals surface area contributed by atoms with Gasteiger partial charge in [-0.2, -0.15) is 0 Å². The third-order valence-corrected chi connectivity index (χ3v) is 3.25. The predicted molar refractivity (Wildman–Crippen MR) is 65.2 cm³/mol. The molecule has 0 saturated heterocycles. The standard InChI is InChI=1S/C9H9BrN4S/c10-6-1-2-9(15-6)14-7-3-4-12-8(5-11)13-7/h1-4H,5,11H2,(H,12,13,14). The first-order chi connectivity index (χ1) is 7.28. The van der Waals surface area contributed by atoms with Crippen molar-refractivity contribution in [1.29, 1.82) is 0 Å². The van der Waals surface area contributed by atoms with Crippen molar-refractivity contribution in [3.8, 4) is 0 Å². The summed E-state index contributed by atoms with van der Waals surface area (Å²) in [6.07, 6.45) is 1.69. The maximum absolute atomic E-state index is 5.46. The summed E-state index contributed by atoms with van der Waals surface area (Å²) in [5, 5.41) is 4.21. The van der Waals surface area contributed by atoms with Crippen molar-refractivity contribution in [2.24, 2.45) is 5.73 Å². The Kier molecular flexibility index (Phi) is 3.30. The minimum atomic E-state index is 0.351. The highest BCUT2D eigenvalue weighted by molar-refractivity contribution is 9.11. The van der Waals surface area contributed by atoms with Gasteiger partial charge >= 0.3 is 0 Å². The summed E-state index contributed by atoms with van der Waals surface area (Å²) in [6.45, 7) is 0.351. The van der Waals surface area contributed by atoms with Crippen LogP contribution in [0.2, 0.25) is 0 Å². The number of anilines is 2. The van der Waals surface area contributed by atoms with Crippen LogP contribution in [0.15, 0.2) is 28.2 Å². The van der Waals surface area contributed by atoms with E-state index in [2.05, 4.69) is 31.2 Å². The SMILES string of the molecule is NCc1nccc(Nc2ccc(Br)s2)n1. The highest BCUT2D eigenvalue weighted by atomic mass is 79.9. The summed E-state index contributed by atoms with van der Waals surface area (Å²) in [5.41, 5.74) is 5.46. The quantitative estimate of drug-likeness (QED) is 0.909. The number of hydrogen-bond donors (Lipinski definition) is 2. The Labute approximate surface area is 99.7 Å². The summed E-state index contributed by atoms with van der Waals surface area (Å²) in [5.74, 6) is 1.40. The van der Waals surface area contributed by atoms with Crippen molar-refractivity contribution < 1.29 is 0 Å². The first-order valence-corrected chi connectivity index (χ1v) is 5.93. The molecule has 0 bridgehead atoms. The maximum atomic E-state index is 5.46. The Morgan fingerprint density at radius 1 is 1.40 bits per heavy atom. The molecule has 0 aliphatic rings. The molecule has 2 heterocycles. The smallest absolute Gasteiger partial charge is 0.144 e. The Hall–Kier alpha value is -0.980. The van der Waals surface area contributed by atoms with Crippen LogP contribution < -0.4 is 11.1 Å². The van der Waals surface area contributed by atoms with E-state index in [9.17, 15) is 0 Å². The van der Waals surface area contributed by atoms with E-state index in [1.165, 1.54) is 0 Å². The molecule has 0 radical (unpaired) electrons. The molecule has 0 atom stereocenters. The summed E-state index contributed by atoms with van der Waals surface area (Å²) < 4.78 is 1.08. The van der Waals surface area contributed by atoms with Crippen LogP contribution in [0.4, 0.5) is 10.8 Å². The van der Waals surface area contributed by atoms with Gasteiger partial charge in [0, 0.05) is 6.20 Å². The molecule has 6 heteroatoms. The van der Waals surface area contributed by atoms with E-state index in [0.717, 1.165) is 14.6 Å². The third-order valence-electron chi connectivity index (χ3n) is 1.71. The Balaban J connectivity index is 2.16. The highest BCUT2D eigenvalue weighted by Gasteiger charge is 2.00. The van der Waals surface area contributed by atoms with E-state index in [4.69, 9.17) is 5.73 Å². The topological polar surface area (TPSA) is 63.8 Å². The van der Waals surface area contributed by atoms with Gasteiger partial charge in [0.15, 0.2) is 0 Å². The monoisotopic (exact) mass is 284 g/mol. The number of hydrogen-bond acceptors (Lipinski definition) is 5. The van der Waals surface area contributed by atoms with Gasteiger partial charge in [-0.25, -0.2) is 9.97 Å². The number of aromatic nitrogens is 2. The molecule has 0 aliphatic heterocycles. The van der Waals surface area contributed by atoms with Gasteiger partial charge in [0.25, 0.3) is 0 Å². The number of thiophene rings is 1. The summed E-state index contributed by atoms with van der Waals surface area (Å²) in [7, 11) is 0. The van der Waals surface area contributed by atoms with Crippen LogP contribution in [0.1, 0.15) is 5.82 Å². The first kappa shape index (κ1) is 10.5. The molecular formula is C9H9BrN4S. The molecule has 4 nitrogen and oxygen atoms in total. The van der Waals surface area contributed by atoms with Crippen molar-refractivity contribution in [2.45, 2.75) is 6.54 Å². The molecule has 0 spiro atoms. The minimum absolute atomic E-state index is 0.351. The van der Waals surface area contributed by atoms with Crippen molar-refractivity contribution in [1.82, 2.24) is 9.97 Å². The second-order valence-corrected chi connectivity index (χ2v) is 5.25. The van der Waals surface area contributed by atoms with Gasteiger partial charge < -0.3 is 11.1 Å². The van der Waals surface area contributed by atoms with Gasteiger partial charge in [0.1, 0.15) is 11.6 Å². The van der Waals surface area contributed by atoms with E-state index in [1.807, 2.05) is 18.2 Å². The fraction of sp³-hybridized carbons (Fsp3) is 0.111. The number of nitrogens with two attached hydrogens (primary N) is 1. The summed E-state index contributed by atoms with van der Waals surface area (Å²) >= 11 is 5.01.